The number of halogens is 2. The Balaban J connectivity index is 1.25. The van der Waals surface area contributed by atoms with Gasteiger partial charge in [0, 0.05) is 53.9 Å². The van der Waals surface area contributed by atoms with Crippen molar-refractivity contribution in [2.45, 2.75) is 56.7 Å². The van der Waals surface area contributed by atoms with Crippen molar-refractivity contribution >= 4 is 39.1 Å². The second-order valence-electron chi connectivity index (χ2n) is 12.6. The average Bonchev–Trinajstić information content (AvgIpc) is 3.62. The predicted octanol–water partition coefficient (Wildman–Crippen LogP) is 5.83. The zero-order chi connectivity index (χ0) is 27.7. The van der Waals surface area contributed by atoms with Crippen molar-refractivity contribution in [3.05, 3.63) is 53.4 Å². The molecule has 0 aliphatic carbocycles. The zero-order valence-electron chi connectivity index (χ0n) is 23.2. The van der Waals surface area contributed by atoms with Crippen LogP contribution in [0.1, 0.15) is 39.0 Å². The minimum atomic E-state index is -0.475. The fourth-order valence-corrected chi connectivity index (χ4v) is 8.28. The highest BCUT2D eigenvalue weighted by atomic mass is 35.5. The molecule has 0 radical (unpaired) electrons. The molecule has 0 spiro atoms. The van der Waals surface area contributed by atoms with E-state index in [0.717, 1.165) is 62.6 Å². The molecule has 4 aliphatic heterocycles. The van der Waals surface area contributed by atoms with E-state index in [1.807, 2.05) is 36.4 Å². The number of hydrogen-bond acceptors (Lipinski definition) is 7. The van der Waals surface area contributed by atoms with Crippen LogP contribution in [-0.4, -0.2) is 70.3 Å². The molecule has 4 fully saturated rings. The number of aromatic nitrogens is 3. The van der Waals surface area contributed by atoms with E-state index in [2.05, 4.69) is 27.0 Å². The largest absolute Gasteiger partial charge is 0.461 e. The number of anilines is 1. The lowest BCUT2D eigenvalue weighted by Crippen LogP contribution is -2.51. The van der Waals surface area contributed by atoms with Crippen LogP contribution in [0.15, 0.2) is 42.6 Å². The highest BCUT2D eigenvalue weighted by Crippen LogP contribution is 2.42. The molecule has 212 valence electrons. The molecule has 2 unspecified atom stereocenters. The first-order valence-electron chi connectivity index (χ1n) is 14.9. The Bertz CT molecular complexity index is 1650. The molecule has 7 nitrogen and oxygen atoms in total. The first kappa shape index (κ1) is 25.6. The number of rotatable bonds is 5. The average molecular weight is 573 g/mol. The fraction of sp³-hybridized carbons (Fsp3) is 0.469. The molecule has 6 heterocycles. The van der Waals surface area contributed by atoms with Gasteiger partial charge in [-0.1, -0.05) is 48.9 Å². The van der Waals surface area contributed by atoms with Gasteiger partial charge in [-0.05, 0) is 56.0 Å². The highest BCUT2D eigenvalue weighted by Gasteiger charge is 2.48. The summed E-state index contributed by atoms with van der Waals surface area (Å²) >= 11 is 6.61. The summed E-state index contributed by atoms with van der Waals surface area (Å²) in [7, 11) is 0. The Labute approximate surface area is 244 Å². The molecule has 2 aromatic carbocycles. The molecule has 4 aliphatic rings. The summed E-state index contributed by atoms with van der Waals surface area (Å²) in [6, 6.07) is 12.5. The van der Waals surface area contributed by atoms with Gasteiger partial charge < -0.3 is 15.0 Å². The Morgan fingerprint density at radius 3 is 2.73 bits per heavy atom. The molecule has 8 rings (SSSR count). The maximum atomic E-state index is 16.6. The van der Waals surface area contributed by atoms with E-state index in [9.17, 15) is 0 Å². The number of hydrogen-bond donors (Lipinski definition) is 1. The third-order valence-electron chi connectivity index (χ3n) is 9.74. The van der Waals surface area contributed by atoms with E-state index in [0.29, 0.717) is 46.4 Å². The summed E-state index contributed by atoms with van der Waals surface area (Å²) in [4.78, 5) is 19.2. The molecule has 0 saturated carbocycles. The van der Waals surface area contributed by atoms with Crippen LogP contribution in [0.25, 0.3) is 32.9 Å². The molecule has 1 N–H and O–H groups in total. The van der Waals surface area contributed by atoms with Crippen molar-refractivity contribution in [2.75, 3.05) is 37.7 Å². The van der Waals surface area contributed by atoms with Gasteiger partial charge in [0.05, 0.1) is 10.9 Å². The number of piperazine rings is 1. The first-order valence-corrected chi connectivity index (χ1v) is 15.3. The maximum Gasteiger partial charge on any atom is 0.319 e. The van der Waals surface area contributed by atoms with E-state index in [4.69, 9.17) is 26.3 Å². The second kappa shape index (κ2) is 9.75. The number of fused-ring (bicyclic) bond motifs is 5. The van der Waals surface area contributed by atoms with Crippen LogP contribution in [-0.2, 0) is 0 Å². The fourth-order valence-electron chi connectivity index (χ4n) is 8.00. The summed E-state index contributed by atoms with van der Waals surface area (Å²) in [5.74, 6) is 0.872. The van der Waals surface area contributed by atoms with Gasteiger partial charge >= 0.3 is 6.01 Å². The van der Waals surface area contributed by atoms with Gasteiger partial charge in [0.2, 0.25) is 0 Å². The van der Waals surface area contributed by atoms with Crippen molar-refractivity contribution in [1.29, 1.82) is 0 Å². The summed E-state index contributed by atoms with van der Waals surface area (Å²) in [6.45, 7) is 6.69. The Kier molecular flexibility index (Phi) is 6.09. The summed E-state index contributed by atoms with van der Waals surface area (Å²) in [5.41, 5.74) is 1.15. The predicted molar refractivity (Wildman–Crippen MR) is 160 cm³/mol. The van der Waals surface area contributed by atoms with Crippen LogP contribution >= 0.6 is 11.6 Å². The lowest BCUT2D eigenvalue weighted by molar-refractivity contribution is 0.107. The molecule has 2 bridgehead atoms. The lowest BCUT2D eigenvalue weighted by atomic mass is 9.92. The molecule has 0 amide bonds. The number of pyridine rings is 1. The molecule has 4 saturated heterocycles. The van der Waals surface area contributed by atoms with E-state index in [-0.39, 0.29) is 22.8 Å². The van der Waals surface area contributed by atoms with Crippen LogP contribution in [0.2, 0.25) is 5.02 Å². The molecule has 2 aromatic heterocycles. The van der Waals surface area contributed by atoms with E-state index in [1.54, 1.807) is 6.20 Å². The van der Waals surface area contributed by atoms with Gasteiger partial charge in [-0.25, -0.2) is 4.39 Å². The number of benzene rings is 2. The monoisotopic (exact) mass is 572 g/mol. The van der Waals surface area contributed by atoms with Gasteiger partial charge in [-0.2, -0.15) is 9.97 Å². The zero-order valence-corrected chi connectivity index (χ0v) is 24.0. The Hall–Kier alpha value is -3.07. The van der Waals surface area contributed by atoms with Crippen LogP contribution in [0.3, 0.4) is 0 Å². The molecular weight excluding hydrogens is 539 g/mol. The van der Waals surface area contributed by atoms with Crippen molar-refractivity contribution < 1.29 is 9.13 Å². The van der Waals surface area contributed by atoms with Crippen LogP contribution < -0.4 is 15.0 Å². The van der Waals surface area contributed by atoms with Crippen LogP contribution in [0, 0.1) is 11.7 Å². The first-order chi connectivity index (χ1) is 20.0. The summed E-state index contributed by atoms with van der Waals surface area (Å²) in [5, 5.41) is 6.58. The molecule has 9 heteroatoms. The smallest absolute Gasteiger partial charge is 0.319 e. The van der Waals surface area contributed by atoms with E-state index >= 15 is 4.39 Å². The van der Waals surface area contributed by atoms with Crippen molar-refractivity contribution in [1.82, 2.24) is 25.2 Å². The number of nitrogens with one attached hydrogen (secondary N) is 1. The summed E-state index contributed by atoms with van der Waals surface area (Å²) < 4.78 is 23.1. The van der Waals surface area contributed by atoms with Crippen LogP contribution in [0.5, 0.6) is 6.01 Å². The maximum absolute atomic E-state index is 16.6. The highest BCUT2D eigenvalue weighted by molar-refractivity contribution is 6.36. The van der Waals surface area contributed by atoms with Gasteiger partial charge in [0.1, 0.15) is 23.6 Å². The van der Waals surface area contributed by atoms with Crippen molar-refractivity contribution in [3.8, 4) is 17.3 Å². The quantitative estimate of drug-likeness (QED) is 0.323. The Morgan fingerprint density at radius 1 is 1.10 bits per heavy atom. The van der Waals surface area contributed by atoms with Crippen molar-refractivity contribution in [3.63, 3.8) is 0 Å². The number of nitrogens with zero attached hydrogens (tertiary/aromatic N) is 5. The standard InChI is InChI=1S/C32H34ClFN6O/c1-19-13-32(11-4-12-40(32)15-19)18-41-31-37-29-24(30(38-31)39-16-21-9-10-22(17-39)36-21)14-35-28(27(29)34)23-7-2-5-20-6-3-8-25(33)26(20)23/h2-3,5-8,14,19,21-22,36H,4,9-13,15-18H2,1H3/t19-,21?,22?,32+/m1/s1. The topological polar surface area (TPSA) is 66.4 Å². The SMILES string of the molecule is C[C@H]1CN2CCC[C@@]2(COc2nc(N3CC4CCC(C3)N4)c3cnc(-c4cccc5cccc(Cl)c45)c(F)c3n2)C1. The second-order valence-corrected chi connectivity index (χ2v) is 13.0. The molecule has 4 atom stereocenters. The molecular formula is C32H34ClFN6O. The molecule has 41 heavy (non-hydrogen) atoms. The lowest BCUT2D eigenvalue weighted by Gasteiger charge is -2.34. The number of ether oxygens (including phenoxy) is 1. The third-order valence-corrected chi connectivity index (χ3v) is 10.1. The van der Waals surface area contributed by atoms with Gasteiger partial charge in [-0.3, -0.25) is 9.88 Å². The third kappa shape index (κ3) is 4.25. The van der Waals surface area contributed by atoms with Crippen molar-refractivity contribution in [2.24, 2.45) is 5.92 Å². The normalized spacial score (nSPS) is 27.7. The van der Waals surface area contributed by atoms with E-state index in [1.165, 1.54) is 6.42 Å². The van der Waals surface area contributed by atoms with Gasteiger partial charge in [-0.15, -0.1) is 0 Å². The molecule has 4 aromatic rings. The Morgan fingerprint density at radius 2 is 1.90 bits per heavy atom. The van der Waals surface area contributed by atoms with Crippen LogP contribution in [0.4, 0.5) is 10.2 Å². The van der Waals surface area contributed by atoms with Gasteiger partial charge in [0.25, 0.3) is 0 Å². The minimum Gasteiger partial charge on any atom is -0.461 e. The van der Waals surface area contributed by atoms with E-state index < -0.39 is 5.82 Å². The minimum absolute atomic E-state index is 0.0215. The summed E-state index contributed by atoms with van der Waals surface area (Å²) in [6.07, 6.45) is 7.41. The van der Waals surface area contributed by atoms with Gasteiger partial charge in [0.15, 0.2) is 5.82 Å².